The van der Waals surface area contributed by atoms with Gasteiger partial charge in [-0.05, 0) is 75.6 Å². The number of hydrogen-bond donors (Lipinski definition) is 0. The van der Waals surface area contributed by atoms with Crippen LogP contribution in [0.2, 0.25) is 0 Å². The highest BCUT2D eigenvalue weighted by atomic mass is 79.9. The van der Waals surface area contributed by atoms with Crippen molar-refractivity contribution in [2.75, 3.05) is 14.2 Å². The molecule has 0 atom stereocenters. The molecule has 4 aromatic rings. The van der Waals surface area contributed by atoms with Crippen molar-refractivity contribution in [3.63, 3.8) is 0 Å². The number of carbonyl (C=O) groups excluding carboxylic acids is 1. The SMILES string of the molecule is COc1ccc(-n2cc(Br)c3cc(OC)cc(-c4cc(C(F)(F)F)ccc4C(=O)[O-])c3c2=O)cc1. The molecule has 1 aromatic heterocycles. The third kappa shape index (κ3) is 4.49. The topological polar surface area (TPSA) is 80.6 Å². The number of aromatic nitrogens is 1. The fraction of sp³-hybridized carbons (Fsp3) is 0.120. The molecule has 0 saturated carbocycles. The lowest BCUT2D eigenvalue weighted by Gasteiger charge is -2.18. The monoisotopic (exact) mass is 546 g/mol. The van der Waals surface area contributed by atoms with Crippen molar-refractivity contribution in [3.8, 4) is 28.3 Å². The Labute approximate surface area is 205 Å². The molecule has 4 rings (SSSR count). The molecular formula is C25H16BrF3NO5-. The molecule has 0 unspecified atom stereocenters. The van der Waals surface area contributed by atoms with Crippen LogP contribution in [-0.4, -0.2) is 24.8 Å². The predicted octanol–water partition coefficient (Wildman–Crippen LogP) is 4.82. The van der Waals surface area contributed by atoms with E-state index in [1.807, 2.05) is 0 Å². The van der Waals surface area contributed by atoms with Gasteiger partial charge < -0.3 is 19.4 Å². The number of pyridine rings is 1. The highest BCUT2D eigenvalue weighted by Gasteiger charge is 2.31. The zero-order valence-corrected chi connectivity index (χ0v) is 19.9. The highest BCUT2D eigenvalue weighted by molar-refractivity contribution is 9.10. The van der Waals surface area contributed by atoms with E-state index in [4.69, 9.17) is 9.47 Å². The summed E-state index contributed by atoms with van der Waals surface area (Å²) in [5.74, 6) is -0.902. The summed E-state index contributed by atoms with van der Waals surface area (Å²) >= 11 is 3.42. The Morgan fingerprint density at radius 3 is 2.17 bits per heavy atom. The second-order valence-corrected chi connectivity index (χ2v) is 8.35. The quantitative estimate of drug-likeness (QED) is 0.358. The van der Waals surface area contributed by atoms with Crippen LogP contribution in [0.5, 0.6) is 11.5 Å². The van der Waals surface area contributed by atoms with E-state index in [2.05, 4.69) is 15.9 Å². The number of methoxy groups -OCH3 is 2. The number of carbonyl (C=O) groups is 1. The summed E-state index contributed by atoms with van der Waals surface area (Å²) in [7, 11) is 2.85. The predicted molar refractivity (Wildman–Crippen MR) is 125 cm³/mol. The van der Waals surface area contributed by atoms with Crippen LogP contribution in [0.4, 0.5) is 13.2 Å². The minimum Gasteiger partial charge on any atom is -0.545 e. The molecule has 6 nitrogen and oxygen atoms in total. The molecule has 10 heteroatoms. The van der Waals surface area contributed by atoms with Crippen LogP contribution in [0.1, 0.15) is 15.9 Å². The number of halogens is 4. The van der Waals surface area contributed by atoms with Gasteiger partial charge in [0.15, 0.2) is 0 Å². The van der Waals surface area contributed by atoms with E-state index in [0.29, 0.717) is 33.4 Å². The number of fused-ring (bicyclic) bond motifs is 1. The van der Waals surface area contributed by atoms with Crippen LogP contribution in [-0.2, 0) is 6.18 Å². The van der Waals surface area contributed by atoms with E-state index in [0.717, 1.165) is 6.07 Å². The zero-order valence-electron chi connectivity index (χ0n) is 18.3. The van der Waals surface area contributed by atoms with E-state index in [1.54, 1.807) is 24.3 Å². The molecule has 35 heavy (non-hydrogen) atoms. The Bertz CT molecular complexity index is 1510. The van der Waals surface area contributed by atoms with Crippen molar-refractivity contribution in [2.45, 2.75) is 6.18 Å². The Hall–Kier alpha value is -3.79. The second-order valence-electron chi connectivity index (χ2n) is 7.49. The molecule has 1 heterocycles. The number of rotatable bonds is 5. The van der Waals surface area contributed by atoms with E-state index < -0.39 is 28.8 Å². The van der Waals surface area contributed by atoms with Crippen LogP contribution in [0, 0.1) is 0 Å². The maximum atomic E-state index is 13.7. The average Bonchev–Trinajstić information content (AvgIpc) is 2.84. The molecule has 0 amide bonds. The molecule has 0 aliphatic heterocycles. The van der Waals surface area contributed by atoms with Gasteiger partial charge in [-0.15, -0.1) is 0 Å². The molecule has 0 aliphatic carbocycles. The van der Waals surface area contributed by atoms with Gasteiger partial charge >= 0.3 is 6.18 Å². The summed E-state index contributed by atoms with van der Waals surface area (Å²) < 4.78 is 52.7. The lowest BCUT2D eigenvalue weighted by Crippen LogP contribution is -2.24. The number of ether oxygens (including phenoxy) is 2. The molecule has 0 saturated heterocycles. The molecule has 0 fully saturated rings. The van der Waals surface area contributed by atoms with Crippen molar-refractivity contribution in [2.24, 2.45) is 0 Å². The molecule has 3 aromatic carbocycles. The van der Waals surface area contributed by atoms with E-state index in [9.17, 15) is 27.9 Å². The first-order valence-corrected chi connectivity index (χ1v) is 10.8. The van der Waals surface area contributed by atoms with Gasteiger partial charge in [0.05, 0.1) is 31.1 Å². The van der Waals surface area contributed by atoms with Crippen molar-refractivity contribution in [3.05, 3.63) is 86.7 Å². The maximum absolute atomic E-state index is 13.7. The number of hydrogen-bond acceptors (Lipinski definition) is 5. The number of carboxylic acids is 1. The smallest absolute Gasteiger partial charge is 0.416 e. The lowest BCUT2D eigenvalue weighted by molar-refractivity contribution is -0.255. The van der Waals surface area contributed by atoms with Crippen LogP contribution in [0.15, 0.2) is 70.1 Å². The lowest BCUT2D eigenvalue weighted by atomic mass is 9.93. The highest BCUT2D eigenvalue weighted by Crippen LogP contribution is 2.39. The van der Waals surface area contributed by atoms with Crippen molar-refractivity contribution >= 4 is 32.7 Å². The van der Waals surface area contributed by atoms with E-state index >= 15 is 0 Å². The first-order valence-electron chi connectivity index (χ1n) is 10.1. The number of carboxylic acid groups (broad SMARTS) is 1. The molecule has 0 spiro atoms. The molecule has 180 valence electrons. The zero-order chi connectivity index (χ0) is 25.5. The van der Waals surface area contributed by atoms with Crippen LogP contribution >= 0.6 is 15.9 Å². The number of aromatic carboxylic acids is 1. The van der Waals surface area contributed by atoms with E-state index in [1.165, 1.54) is 37.1 Å². The maximum Gasteiger partial charge on any atom is 0.416 e. The first-order chi connectivity index (χ1) is 16.5. The van der Waals surface area contributed by atoms with Crippen LogP contribution < -0.4 is 20.1 Å². The first kappa shape index (κ1) is 24.3. The summed E-state index contributed by atoms with van der Waals surface area (Å²) in [6.07, 6.45) is -3.22. The van der Waals surface area contributed by atoms with Gasteiger partial charge in [-0.25, -0.2) is 0 Å². The van der Waals surface area contributed by atoms with Crippen LogP contribution in [0.3, 0.4) is 0 Å². The summed E-state index contributed by atoms with van der Waals surface area (Å²) in [4.78, 5) is 25.5. The number of benzene rings is 3. The molecule has 0 aliphatic rings. The van der Waals surface area contributed by atoms with Gasteiger partial charge in [-0.3, -0.25) is 9.36 Å². The molecular weight excluding hydrogens is 531 g/mol. The van der Waals surface area contributed by atoms with Crippen molar-refractivity contribution in [1.29, 1.82) is 0 Å². The van der Waals surface area contributed by atoms with Crippen molar-refractivity contribution < 1.29 is 32.5 Å². The van der Waals surface area contributed by atoms with Crippen LogP contribution in [0.25, 0.3) is 27.6 Å². The summed E-state index contributed by atoms with van der Waals surface area (Å²) in [6, 6.07) is 11.6. The van der Waals surface area contributed by atoms with Crippen molar-refractivity contribution in [1.82, 2.24) is 4.57 Å². The van der Waals surface area contributed by atoms with Gasteiger partial charge in [0.1, 0.15) is 11.5 Å². The Morgan fingerprint density at radius 1 is 0.943 bits per heavy atom. The normalized spacial score (nSPS) is 11.5. The van der Waals surface area contributed by atoms with Gasteiger partial charge in [0.25, 0.3) is 5.56 Å². The summed E-state index contributed by atoms with van der Waals surface area (Å²) in [6.45, 7) is 0. The summed E-state index contributed by atoms with van der Waals surface area (Å²) in [5, 5.41) is 12.1. The Kier molecular flexibility index (Phi) is 6.33. The standard InChI is InChI=1S/C25H17BrF3NO5/c1-34-15-6-4-14(5-7-15)30-12-21(26)20-11-16(35-2)10-19(22(20)23(30)31)18-9-13(25(27,28)29)3-8-17(18)24(32)33/h3-12H,1-2H3,(H,32,33)/p-1. The Morgan fingerprint density at radius 2 is 1.60 bits per heavy atom. The van der Waals surface area contributed by atoms with Gasteiger partial charge in [0, 0.05) is 27.3 Å². The number of nitrogens with zero attached hydrogens (tertiary/aromatic N) is 1. The van der Waals surface area contributed by atoms with Gasteiger partial charge in [-0.1, -0.05) is 6.07 Å². The Balaban J connectivity index is 2.13. The molecule has 0 bridgehead atoms. The fourth-order valence-corrected chi connectivity index (χ4v) is 4.30. The van der Waals surface area contributed by atoms with Gasteiger partial charge in [-0.2, -0.15) is 13.2 Å². The minimum atomic E-state index is -4.74. The van der Waals surface area contributed by atoms with Gasteiger partial charge in [0.2, 0.25) is 0 Å². The number of alkyl halides is 3. The summed E-state index contributed by atoms with van der Waals surface area (Å²) in [5.41, 5.74) is -2.04. The third-order valence-electron chi connectivity index (χ3n) is 5.49. The fourth-order valence-electron chi connectivity index (χ4n) is 3.78. The van der Waals surface area contributed by atoms with E-state index in [-0.39, 0.29) is 22.3 Å². The molecule has 0 radical (unpaired) electrons. The average molecular weight is 547 g/mol. The second kappa shape index (κ2) is 9.10. The largest absolute Gasteiger partial charge is 0.545 e. The third-order valence-corrected chi connectivity index (χ3v) is 6.12. The minimum absolute atomic E-state index is 0.00202. The molecule has 0 N–H and O–H groups in total.